The van der Waals surface area contributed by atoms with Crippen molar-refractivity contribution in [2.75, 3.05) is 26.8 Å². The minimum atomic E-state index is 0.439. The molecule has 2 aliphatic rings. The molecule has 0 bridgehead atoms. The Morgan fingerprint density at radius 2 is 2.00 bits per heavy atom. The third-order valence-electron chi connectivity index (χ3n) is 3.66. The topological polar surface area (TPSA) is 30.5 Å². The fraction of sp³-hybridized carbons (Fsp3) is 1.00. The summed E-state index contributed by atoms with van der Waals surface area (Å²) < 4.78 is 11.3. The first kappa shape index (κ1) is 11.4. The molecule has 0 aromatic carbocycles. The maximum atomic E-state index is 5.91. The maximum Gasteiger partial charge on any atom is 0.0599 e. The standard InChI is InChI=1S/C12H23NO2/c1-14-11-3-2-4-12(7-11)15-6-5-10-8-13-9-10/h10-13H,2-9H2,1H3. The Bertz CT molecular complexity index is 182. The van der Waals surface area contributed by atoms with E-state index in [1.165, 1.54) is 38.8 Å². The molecule has 3 nitrogen and oxygen atoms in total. The Morgan fingerprint density at radius 3 is 2.67 bits per heavy atom. The van der Waals surface area contributed by atoms with Gasteiger partial charge in [0, 0.05) is 13.7 Å². The van der Waals surface area contributed by atoms with Gasteiger partial charge in [-0.2, -0.15) is 0 Å². The lowest BCUT2D eigenvalue weighted by Crippen LogP contribution is -2.42. The van der Waals surface area contributed by atoms with Crippen molar-refractivity contribution in [3.63, 3.8) is 0 Å². The highest BCUT2D eigenvalue weighted by Crippen LogP contribution is 2.23. The Balaban J connectivity index is 1.56. The van der Waals surface area contributed by atoms with Crippen LogP contribution in [0.25, 0.3) is 0 Å². The summed E-state index contributed by atoms with van der Waals surface area (Å²) in [4.78, 5) is 0. The number of ether oxygens (including phenoxy) is 2. The van der Waals surface area contributed by atoms with Crippen LogP contribution in [0.15, 0.2) is 0 Å². The molecule has 2 atom stereocenters. The summed E-state index contributed by atoms with van der Waals surface area (Å²) in [6.45, 7) is 3.32. The number of rotatable bonds is 5. The summed E-state index contributed by atoms with van der Waals surface area (Å²) in [5.41, 5.74) is 0. The van der Waals surface area contributed by atoms with E-state index in [2.05, 4.69) is 5.32 Å². The molecule has 1 saturated heterocycles. The van der Waals surface area contributed by atoms with Gasteiger partial charge in [-0.3, -0.25) is 0 Å². The van der Waals surface area contributed by atoms with Crippen molar-refractivity contribution >= 4 is 0 Å². The minimum absolute atomic E-state index is 0.439. The largest absolute Gasteiger partial charge is 0.381 e. The van der Waals surface area contributed by atoms with Gasteiger partial charge in [-0.25, -0.2) is 0 Å². The molecule has 15 heavy (non-hydrogen) atoms. The zero-order valence-corrected chi connectivity index (χ0v) is 9.71. The molecule has 1 saturated carbocycles. The molecule has 1 aliphatic carbocycles. The van der Waals surface area contributed by atoms with Crippen molar-refractivity contribution in [1.82, 2.24) is 5.32 Å². The molecule has 2 unspecified atom stereocenters. The summed E-state index contributed by atoms with van der Waals surface area (Å²) in [5.74, 6) is 0.867. The van der Waals surface area contributed by atoms with E-state index in [-0.39, 0.29) is 0 Å². The normalized spacial score (nSPS) is 32.6. The molecule has 0 aromatic heterocycles. The predicted octanol–water partition coefficient (Wildman–Crippen LogP) is 1.57. The summed E-state index contributed by atoms with van der Waals surface area (Å²) in [5, 5.41) is 3.29. The SMILES string of the molecule is COC1CCCC(OCCC2CNC2)C1. The van der Waals surface area contributed by atoms with E-state index in [4.69, 9.17) is 9.47 Å². The van der Waals surface area contributed by atoms with Crippen molar-refractivity contribution in [2.24, 2.45) is 5.92 Å². The van der Waals surface area contributed by atoms with Gasteiger partial charge >= 0.3 is 0 Å². The highest BCUT2D eigenvalue weighted by Gasteiger charge is 2.23. The second-order valence-electron chi connectivity index (χ2n) is 4.83. The molecule has 1 aliphatic heterocycles. The minimum Gasteiger partial charge on any atom is -0.381 e. The molecule has 2 fully saturated rings. The second-order valence-corrected chi connectivity index (χ2v) is 4.83. The molecule has 1 heterocycles. The van der Waals surface area contributed by atoms with E-state index >= 15 is 0 Å². The zero-order chi connectivity index (χ0) is 10.5. The van der Waals surface area contributed by atoms with Crippen LogP contribution in [0.4, 0.5) is 0 Å². The van der Waals surface area contributed by atoms with Crippen LogP contribution < -0.4 is 5.32 Å². The van der Waals surface area contributed by atoms with E-state index in [9.17, 15) is 0 Å². The Kier molecular flexibility index (Phi) is 4.42. The Morgan fingerprint density at radius 1 is 1.20 bits per heavy atom. The monoisotopic (exact) mass is 213 g/mol. The van der Waals surface area contributed by atoms with E-state index < -0.39 is 0 Å². The van der Waals surface area contributed by atoms with Crippen LogP contribution in [-0.4, -0.2) is 39.0 Å². The smallest absolute Gasteiger partial charge is 0.0599 e. The van der Waals surface area contributed by atoms with Crippen LogP contribution in [-0.2, 0) is 9.47 Å². The fourth-order valence-electron chi connectivity index (χ4n) is 2.42. The lowest BCUT2D eigenvalue weighted by atomic mass is 9.94. The van der Waals surface area contributed by atoms with Gasteiger partial charge in [-0.15, -0.1) is 0 Å². The highest BCUT2D eigenvalue weighted by atomic mass is 16.5. The average molecular weight is 213 g/mol. The zero-order valence-electron chi connectivity index (χ0n) is 9.71. The van der Waals surface area contributed by atoms with E-state index in [0.717, 1.165) is 18.9 Å². The number of nitrogens with one attached hydrogen (secondary N) is 1. The molecule has 3 heteroatoms. The first-order chi connectivity index (χ1) is 7.38. The predicted molar refractivity (Wildman–Crippen MR) is 60.0 cm³/mol. The summed E-state index contributed by atoms with van der Waals surface area (Å²) in [6, 6.07) is 0. The average Bonchev–Trinajstić information content (AvgIpc) is 2.22. The number of hydrogen-bond donors (Lipinski definition) is 1. The van der Waals surface area contributed by atoms with Gasteiger partial charge < -0.3 is 14.8 Å². The van der Waals surface area contributed by atoms with Gasteiger partial charge in [0.25, 0.3) is 0 Å². The summed E-state index contributed by atoms with van der Waals surface area (Å²) >= 11 is 0. The molecule has 0 spiro atoms. The lowest BCUT2D eigenvalue weighted by Gasteiger charge is -2.30. The van der Waals surface area contributed by atoms with Gasteiger partial charge in [0.2, 0.25) is 0 Å². The van der Waals surface area contributed by atoms with Crippen molar-refractivity contribution in [1.29, 1.82) is 0 Å². The Labute approximate surface area is 92.5 Å². The molecular weight excluding hydrogens is 190 g/mol. The van der Waals surface area contributed by atoms with Crippen LogP contribution in [0.5, 0.6) is 0 Å². The van der Waals surface area contributed by atoms with Crippen LogP contribution in [0, 0.1) is 5.92 Å². The van der Waals surface area contributed by atoms with E-state index in [0.29, 0.717) is 12.2 Å². The summed E-state index contributed by atoms with van der Waals surface area (Å²) in [6.07, 6.45) is 6.91. The highest BCUT2D eigenvalue weighted by molar-refractivity contribution is 4.76. The van der Waals surface area contributed by atoms with Crippen molar-refractivity contribution in [3.05, 3.63) is 0 Å². The van der Waals surface area contributed by atoms with Crippen molar-refractivity contribution in [3.8, 4) is 0 Å². The molecule has 88 valence electrons. The number of methoxy groups -OCH3 is 1. The Hall–Kier alpha value is -0.120. The third-order valence-corrected chi connectivity index (χ3v) is 3.66. The van der Waals surface area contributed by atoms with Crippen LogP contribution in [0.3, 0.4) is 0 Å². The van der Waals surface area contributed by atoms with Crippen molar-refractivity contribution < 1.29 is 9.47 Å². The first-order valence-corrected chi connectivity index (χ1v) is 6.23. The maximum absolute atomic E-state index is 5.91. The van der Waals surface area contributed by atoms with Crippen molar-refractivity contribution in [2.45, 2.75) is 44.3 Å². The second kappa shape index (κ2) is 5.83. The molecule has 0 aromatic rings. The van der Waals surface area contributed by atoms with Crippen LogP contribution in [0.2, 0.25) is 0 Å². The van der Waals surface area contributed by atoms with Gasteiger partial charge in [-0.1, -0.05) is 0 Å². The van der Waals surface area contributed by atoms with Gasteiger partial charge in [-0.05, 0) is 51.1 Å². The summed E-state index contributed by atoms with van der Waals surface area (Å²) in [7, 11) is 1.81. The molecule has 2 rings (SSSR count). The molecule has 1 N–H and O–H groups in total. The van der Waals surface area contributed by atoms with E-state index in [1.807, 2.05) is 7.11 Å². The van der Waals surface area contributed by atoms with Crippen LogP contribution >= 0.6 is 0 Å². The first-order valence-electron chi connectivity index (χ1n) is 6.23. The van der Waals surface area contributed by atoms with E-state index in [1.54, 1.807) is 0 Å². The van der Waals surface area contributed by atoms with Gasteiger partial charge in [0.1, 0.15) is 0 Å². The van der Waals surface area contributed by atoms with Gasteiger partial charge in [0.05, 0.1) is 12.2 Å². The molecular formula is C12H23NO2. The quantitative estimate of drug-likeness (QED) is 0.752. The lowest BCUT2D eigenvalue weighted by molar-refractivity contribution is -0.0338. The number of hydrogen-bond acceptors (Lipinski definition) is 3. The third kappa shape index (κ3) is 3.44. The van der Waals surface area contributed by atoms with Crippen LogP contribution in [0.1, 0.15) is 32.1 Å². The van der Waals surface area contributed by atoms with Gasteiger partial charge in [0.15, 0.2) is 0 Å². The fourth-order valence-corrected chi connectivity index (χ4v) is 2.42. The molecule has 0 amide bonds. The molecule has 0 radical (unpaired) electrons.